The highest BCUT2D eigenvalue weighted by molar-refractivity contribution is 5.80. The topological polar surface area (TPSA) is 49.4 Å². The smallest absolute Gasteiger partial charge is 0.222 e. The molecule has 1 heterocycles. The molecule has 136 valence electrons. The van der Waals surface area contributed by atoms with E-state index in [1.165, 1.54) is 0 Å². The molecule has 3 rings (SSSR count). The van der Waals surface area contributed by atoms with Crippen LogP contribution < -0.4 is 5.32 Å². The van der Waals surface area contributed by atoms with Crippen LogP contribution in [0.2, 0.25) is 0 Å². The van der Waals surface area contributed by atoms with E-state index in [2.05, 4.69) is 24.4 Å². The first kappa shape index (κ1) is 18.2. The van der Waals surface area contributed by atoms with Crippen LogP contribution in [-0.2, 0) is 9.59 Å². The van der Waals surface area contributed by atoms with Crippen LogP contribution in [0, 0.1) is 6.92 Å². The number of nitrogens with one attached hydrogen (secondary N) is 1. The van der Waals surface area contributed by atoms with Gasteiger partial charge in [0.05, 0.1) is 6.04 Å². The number of hydrogen-bond acceptors (Lipinski definition) is 2. The third kappa shape index (κ3) is 4.51. The highest BCUT2D eigenvalue weighted by Gasteiger charge is 2.21. The Morgan fingerprint density at radius 2 is 1.81 bits per heavy atom. The lowest BCUT2D eigenvalue weighted by atomic mass is 9.95. The van der Waals surface area contributed by atoms with Crippen molar-refractivity contribution in [2.24, 2.45) is 0 Å². The lowest BCUT2D eigenvalue weighted by molar-refractivity contribution is -0.133. The summed E-state index contributed by atoms with van der Waals surface area (Å²) in [7, 11) is 0. The van der Waals surface area contributed by atoms with Gasteiger partial charge in [0.15, 0.2) is 0 Å². The molecule has 0 aliphatic carbocycles. The number of carbonyl (C=O) groups is 2. The van der Waals surface area contributed by atoms with E-state index in [1.54, 1.807) is 0 Å². The van der Waals surface area contributed by atoms with E-state index < -0.39 is 0 Å². The van der Waals surface area contributed by atoms with Crippen molar-refractivity contribution in [1.82, 2.24) is 10.2 Å². The van der Waals surface area contributed by atoms with E-state index in [-0.39, 0.29) is 17.9 Å². The number of amides is 2. The first-order valence-electron chi connectivity index (χ1n) is 9.33. The van der Waals surface area contributed by atoms with Crippen LogP contribution in [0.5, 0.6) is 0 Å². The Kier molecular flexibility index (Phi) is 6.05. The molecule has 1 saturated heterocycles. The van der Waals surface area contributed by atoms with E-state index in [4.69, 9.17) is 0 Å². The molecule has 1 atom stereocenters. The van der Waals surface area contributed by atoms with Crippen molar-refractivity contribution in [3.8, 4) is 0 Å². The van der Waals surface area contributed by atoms with Crippen LogP contribution in [0.25, 0.3) is 0 Å². The highest BCUT2D eigenvalue weighted by Crippen LogP contribution is 2.25. The second-order valence-corrected chi connectivity index (χ2v) is 6.86. The van der Waals surface area contributed by atoms with Crippen molar-refractivity contribution in [2.75, 3.05) is 13.1 Å². The van der Waals surface area contributed by atoms with Gasteiger partial charge in [-0.15, -0.1) is 0 Å². The normalized spacial score (nSPS) is 15.6. The number of likely N-dealkylation sites (tertiary alicyclic amines) is 1. The molecule has 0 spiro atoms. The molecule has 0 saturated carbocycles. The summed E-state index contributed by atoms with van der Waals surface area (Å²) in [6.07, 6.45) is 2.94. The summed E-state index contributed by atoms with van der Waals surface area (Å²) in [6.45, 7) is 3.33. The number of benzene rings is 2. The van der Waals surface area contributed by atoms with Crippen molar-refractivity contribution in [2.45, 2.75) is 38.6 Å². The second kappa shape index (κ2) is 8.65. The van der Waals surface area contributed by atoms with E-state index in [0.717, 1.165) is 36.1 Å². The van der Waals surface area contributed by atoms with E-state index >= 15 is 0 Å². The zero-order chi connectivity index (χ0) is 18.4. The molecule has 4 nitrogen and oxygen atoms in total. The third-order valence-electron chi connectivity index (χ3n) is 4.97. The van der Waals surface area contributed by atoms with Gasteiger partial charge >= 0.3 is 0 Å². The van der Waals surface area contributed by atoms with Gasteiger partial charge in [-0.2, -0.15) is 0 Å². The van der Waals surface area contributed by atoms with E-state index in [1.807, 2.05) is 47.4 Å². The summed E-state index contributed by atoms with van der Waals surface area (Å²) in [5.74, 6) is 0.142. The predicted octanol–water partition coefficient (Wildman–Crippen LogP) is 3.60. The zero-order valence-corrected chi connectivity index (χ0v) is 15.3. The maximum absolute atomic E-state index is 12.6. The Labute approximate surface area is 155 Å². The van der Waals surface area contributed by atoms with Crippen molar-refractivity contribution in [1.29, 1.82) is 0 Å². The number of nitrogens with zero attached hydrogens (tertiary/aromatic N) is 1. The molecule has 26 heavy (non-hydrogen) atoms. The van der Waals surface area contributed by atoms with Gasteiger partial charge in [0.2, 0.25) is 11.8 Å². The van der Waals surface area contributed by atoms with Crippen LogP contribution in [-0.4, -0.2) is 29.8 Å². The molecule has 0 radical (unpaired) electrons. The van der Waals surface area contributed by atoms with Gasteiger partial charge in [0.1, 0.15) is 0 Å². The molecular weight excluding hydrogens is 324 g/mol. The first-order valence-corrected chi connectivity index (χ1v) is 9.33. The number of rotatable bonds is 6. The number of carbonyl (C=O) groups excluding carboxylic acids is 2. The number of piperidine rings is 1. The largest absolute Gasteiger partial charge is 0.345 e. The SMILES string of the molecule is Cc1ccccc1C(NC(=O)CCN1CCCCC1=O)c1ccccc1. The van der Waals surface area contributed by atoms with Crippen molar-refractivity contribution >= 4 is 11.8 Å². The fraction of sp³-hybridized carbons (Fsp3) is 0.364. The summed E-state index contributed by atoms with van der Waals surface area (Å²) < 4.78 is 0. The summed E-state index contributed by atoms with van der Waals surface area (Å²) in [5.41, 5.74) is 3.30. The Bertz CT molecular complexity index is 758. The van der Waals surface area contributed by atoms with Gasteiger partial charge in [-0.3, -0.25) is 9.59 Å². The maximum Gasteiger partial charge on any atom is 0.222 e. The molecule has 0 bridgehead atoms. The Morgan fingerprint density at radius 1 is 1.08 bits per heavy atom. The van der Waals surface area contributed by atoms with Gasteiger partial charge < -0.3 is 10.2 Å². The molecule has 1 fully saturated rings. The second-order valence-electron chi connectivity index (χ2n) is 6.86. The lowest BCUT2D eigenvalue weighted by Crippen LogP contribution is -2.39. The van der Waals surface area contributed by atoms with Gasteiger partial charge in [-0.25, -0.2) is 0 Å². The lowest BCUT2D eigenvalue weighted by Gasteiger charge is -2.27. The molecule has 1 N–H and O–H groups in total. The summed E-state index contributed by atoms with van der Waals surface area (Å²) in [5, 5.41) is 3.17. The molecular formula is C22H26N2O2. The van der Waals surface area contributed by atoms with Gasteiger partial charge in [0.25, 0.3) is 0 Å². The Morgan fingerprint density at radius 3 is 2.54 bits per heavy atom. The molecule has 1 aliphatic rings. The summed E-state index contributed by atoms with van der Waals surface area (Å²) in [4.78, 5) is 26.3. The number of aryl methyl sites for hydroxylation is 1. The predicted molar refractivity (Wildman–Crippen MR) is 103 cm³/mol. The van der Waals surface area contributed by atoms with Crippen molar-refractivity contribution < 1.29 is 9.59 Å². The Hall–Kier alpha value is -2.62. The minimum absolute atomic E-state index is 0.0273. The van der Waals surface area contributed by atoms with Crippen LogP contribution in [0.3, 0.4) is 0 Å². The molecule has 0 aromatic heterocycles. The van der Waals surface area contributed by atoms with E-state index in [9.17, 15) is 9.59 Å². The standard InChI is InChI=1S/C22H26N2O2/c1-17-9-5-6-12-19(17)22(18-10-3-2-4-11-18)23-20(25)14-16-24-15-8-7-13-21(24)26/h2-6,9-12,22H,7-8,13-16H2,1H3,(H,23,25). The molecule has 2 aromatic rings. The Balaban J connectivity index is 1.70. The fourth-order valence-electron chi connectivity index (χ4n) is 3.46. The molecule has 1 unspecified atom stereocenters. The monoisotopic (exact) mass is 350 g/mol. The zero-order valence-electron chi connectivity index (χ0n) is 15.3. The molecule has 2 amide bonds. The highest BCUT2D eigenvalue weighted by atomic mass is 16.2. The fourth-order valence-corrected chi connectivity index (χ4v) is 3.46. The molecule has 1 aliphatic heterocycles. The first-order chi connectivity index (χ1) is 12.6. The summed E-state index contributed by atoms with van der Waals surface area (Å²) >= 11 is 0. The number of hydrogen-bond donors (Lipinski definition) is 1. The van der Waals surface area contributed by atoms with Gasteiger partial charge in [0, 0.05) is 25.9 Å². The minimum atomic E-state index is -0.179. The van der Waals surface area contributed by atoms with Crippen LogP contribution in [0.1, 0.15) is 48.4 Å². The average molecular weight is 350 g/mol. The molecule has 4 heteroatoms. The van der Waals surface area contributed by atoms with Crippen LogP contribution >= 0.6 is 0 Å². The van der Waals surface area contributed by atoms with Crippen molar-refractivity contribution in [3.05, 3.63) is 71.3 Å². The minimum Gasteiger partial charge on any atom is -0.345 e. The van der Waals surface area contributed by atoms with Crippen LogP contribution in [0.4, 0.5) is 0 Å². The average Bonchev–Trinajstić information content (AvgIpc) is 2.67. The van der Waals surface area contributed by atoms with Gasteiger partial charge in [-0.1, -0.05) is 54.6 Å². The van der Waals surface area contributed by atoms with Gasteiger partial charge in [-0.05, 0) is 36.5 Å². The third-order valence-corrected chi connectivity index (χ3v) is 4.97. The summed E-state index contributed by atoms with van der Waals surface area (Å²) in [6, 6.07) is 18.0. The quantitative estimate of drug-likeness (QED) is 0.865. The van der Waals surface area contributed by atoms with Crippen LogP contribution in [0.15, 0.2) is 54.6 Å². The van der Waals surface area contributed by atoms with Crippen molar-refractivity contribution in [3.63, 3.8) is 0 Å². The van der Waals surface area contributed by atoms with E-state index in [0.29, 0.717) is 19.4 Å². The maximum atomic E-state index is 12.6. The molecule has 2 aromatic carbocycles.